The van der Waals surface area contributed by atoms with Crippen molar-refractivity contribution in [2.75, 3.05) is 27.3 Å². The predicted molar refractivity (Wildman–Crippen MR) is 91.1 cm³/mol. The van der Waals surface area contributed by atoms with Gasteiger partial charge in [0.1, 0.15) is 0 Å². The quantitative estimate of drug-likeness (QED) is 0.923. The summed E-state index contributed by atoms with van der Waals surface area (Å²) < 4.78 is 80.1. The molecule has 0 radical (unpaired) electrons. The molecule has 4 heteroatoms. The molecule has 0 aromatic heterocycles. The summed E-state index contributed by atoms with van der Waals surface area (Å²) in [6.07, 6.45) is -4.28. The van der Waals surface area contributed by atoms with Crippen LogP contribution in [0, 0.1) is 11.8 Å². The Morgan fingerprint density at radius 3 is 2.74 bits per heavy atom. The highest BCUT2D eigenvalue weighted by atomic mass is 16.5. The van der Waals surface area contributed by atoms with Gasteiger partial charge in [-0.15, -0.1) is 0 Å². The second kappa shape index (κ2) is 6.70. The van der Waals surface area contributed by atoms with Crippen LogP contribution in [0.15, 0.2) is 12.1 Å². The van der Waals surface area contributed by atoms with Crippen LogP contribution in [0.3, 0.4) is 0 Å². The minimum atomic E-state index is -2.79. The lowest BCUT2D eigenvalue weighted by Gasteiger charge is -2.46. The van der Waals surface area contributed by atoms with Gasteiger partial charge in [-0.05, 0) is 54.2 Å². The number of hydrogen-bond acceptors (Lipinski definition) is 4. The van der Waals surface area contributed by atoms with Gasteiger partial charge in [0.25, 0.3) is 0 Å². The Hall–Kier alpha value is -1.26. The number of fused-ring (bicyclic) bond motifs is 3. The maximum Gasteiger partial charge on any atom is 0.161 e. The highest BCUT2D eigenvalue weighted by molar-refractivity contribution is 5.49. The van der Waals surface area contributed by atoms with Crippen molar-refractivity contribution in [2.24, 2.45) is 11.8 Å². The molecule has 3 rings (SSSR count). The van der Waals surface area contributed by atoms with Crippen LogP contribution in [0.4, 0.5) is 0 Å². The first-order chi connectivity index (χ1) is 14.1. The van der Waals surface area contributed by atoms with Crippen LogP contribution >= 0.6 is 0 Å². The average molecular weight is 327 g/mol. The minimum absolute atomic E-state index is 0.0148. The van der Waals surface area contributed by atoms with E-state index < -0.39 is 61.5 Å². The number of benzene rings is 1. The molecular weight excluding hydrogens is 290 g/mol. The van der Waals surface area contributed by atoms with E-state index in [1.54, 1.807) is 0 Å². The summed E-state index contributed by atoms with van der Waals surface area (Å²) in [5, 5.41) is 10.9. The van der Waals surface area contributed by atoms with Gasteiger partial charge in [-0.1, -0.05) is 13.8 Å². The number of aliphatic hydroxyl groups excluding tert-OH is 1. The smallest absolute Gasteiger partial charge is 0.161 e. The summed E-state index contributed by atoms with van der Waals surface area (Å²) in [6.45, 7) is 0.558. The van der Waals surface area contributed by atoms with E-state index in [4.69, 9.17) is 19.1 Å². The second-order valence-corrected chi connectivity index (χ2v) is 6.31. The zero-order valence-corrected chi connectivity index (χ0v) is 14.0. The Kier molecular flexibility index (Phi) is 2.70. The van der Waals surface area contributed by atoms with Crippen LogP contribution in [0.1, 0.15) is 54.8 Å². The van der Waals surface area contributed by atoms with Crippen molar-refractivity contribution in [1.29, 1.82) is 0 Å². The highest BCUT2D eigenvalue weighted by Crippen LogP contribution is 2.43. The second-order valence-electron chi connectivity index (χ2n) is 6.31. The lowest BCUT2D eigenvalue weighted by atomic mass is 9.79. The molecule has 2 aliphatic heterocycles. The summed E-state index contributed by atoms with van der Waals surface area (Å²) in [7, 11) is 2.50. The molecular formula is C19H29NO3. The monoisotopic (exact) mass is 327 g/mol. The van der Waals surface area contributed by atoms with Crippen molar-refractivity contribution in [3.05, 3.63) is 23.2 Å². The number of rotatable bonds is 4. The molecule has 0 spiro atoms. The van der Waals surface area contributed by atoms with Gasteiger partial charge in [-0.2, -0.15) is 0 Å². The van der Waals surface area contributed by atoms with E-state index in [-0.39, 0.29) is 29.4 Å². The first-order valence-corrected chi connectivity index (χ1v) is 7.82. The molecule has 1 N–H and O–H groups in total. The topological polar surface area (TPSA) is 41.9 Å². The van der Waals surface area contributed by atoms with Gasteiger partial charge in [0, 0.05) is 25.9 Å². The fraction of sp³-hybridized carbons (Fsp3) is 0.684. The summed E-state index contributed by atoms with van der Waals surface area (Å²) in [5.74, 6) is -1.87. The number of ether oxygens (including phenoxy) is 2. The van der Waals surface area contributed by atoms with Crippen LogP contribution < -0.4 is 9.47 Å². The molecule has 2 aliphatic rings. The first kappa shape index (κ1) is 9.28. The van der Waals surface area contributed by atoms with E-state index in [0.717, 1.165) is 4.90 Å². The van der Waals surface area contributed by atoms with Crippen LogP contribution in [0.25, 0.3) is 0 Å². The maximum absolute atomic E-state index is 10.9. The molecule has 4 nitrogen and oxygen atoms in total. The molecule has 23 heavy (non-hydrogen) atoms. The van der Waals surface area contributed by atoms with Gasteiger partial charge in [-0.3, -0.25) is 4.90 Å². The van der Waals surface area contributed by atoms with Gasteiger partial charge < -0.3 is 14.6 Å². The van der Waals surface area contributed by atoms with Crippen molar-refractivity contribution >= 4 is 0 Å². The summed E-state index contributed by atoms with van der Waals surface area (Å²) in [6, 6.07) is -2.96. The van der Waals surface area contributed by atoms with Crippen molar-refractivity contribution in [3.8, 4) is 11.5 Å². The Bertz CT molecular complexity index is 896. The van der Waals surface area contributed by atoms with Crippen LogP contribution in [-0.2, 0) is 6.37 Å². The van der Waals surface area contributed by atoms with E-state index in [1.165, 1.54) is 14.2 Å². The van der Waals surface area contributed by atoms with Crippen LogP contribution in [0.5, 0.6) is 11.5 Å². The van der Waals surface area contributed by atoms with Crippen molar-refractivity contribution in [3.63, 3.8) is 0 Å². The summed E-state index contributed by atoms with van der Waals surface area (Å²) in [4.78, 5) is 0.938. The van der Waals surface area contributed by atoms with Gasteiger partial charge >= 0.3 is 0 Å². The molecule has 0 aliphatic carbocycles. The largest absolute Gasteiger partial charge is 0.493 e. The Labute approximate surface area is 150 Å². The molecule has 1 fully saturated rings. The minimum Gasteiger partial charge on any atom is -0.493 e. The molecule has 1 aromatic rings. The highest BCUT2D eigenvalue weighted by Gasteiger charge is 2.38. The van der Waals surface area contributed by atoms with Gasteiger partial charge in [0.2, 0.25) is 0 Å². The number of hydrogen-bond donors (Lipinski definition) is 1. The van der Waals surface area contributed by atoms with Gasteiger partial charge in [-0.25, -0.2) is 0 Å². The fourth-order valence-electron chi connectivity index (χ4n) is 3.10. The number of nitrogens with zero attached hydrogens (tertiary/aromatic N) is 1. The van der Waals surface area contributed by atoms with E-state index in [1.807, 2.05) is 13.8 Å². The zero-order valence-electron chi connectivity index (χ0n) is 22.0. The third-order valence-electron chi connectivity index (χ3n) is 4.16. The van der Waals surface area contributed by atoms with E-state index in [9.17, 15) is 6.48 Å². The molecule has 0 saturated carbocycles. The van der Waals surface area contributed by atoms with Crippen molar-refractivity contribution in [1.82, 2.24) is 4.90 Å². The molecule has 0 bridgehead atoms. The number of aliphatic hydroxyl groups is 1. The van der Waals surface area contributed by atoms with Crippen LogP contribution in [0.2, 0.25) is 0 Å². The maximum atomic E-state index is 10.9. The number of piperidine rings is 1. The standard InChI is InChI=1S/C19H29NO3/c1-12(2)7-14-11-20-6-5-13-8-18(22-3)19(23-4)9-15(13)16(20)10-17(14)21/h8-9,12,14,16-17,21H,5-7,10-11H2,1-4H3/i5D2,6D2,8D,9D,14D,16D. The average Bonchev–Trinajstić information content (AvgIpc) is 2.63. The summed E-state index contributed by atoms with van der Waals surface area (Å²) in [5.41, 5.74) is -0.694. The molecule has 128 valence electrons. The van der Waals surface area contributed by atoms with E-state index in [2.05, 4.69) is 0 Å². The van der Waals surface area contributed by atoms with Crippen molar-refractivity contribution in [2.45, 2.75) is 45.2 Å². The zero-order chi connectivity index (χ0) is 23.7. The van der Waals surface area contributed by atoms with Crippen molar-refractivity contribution < 1.29 is 25.5 Å². The molecule has 1 aromatic carbocycles. The fourth-order valence-corrected chi connectivity index (χ4v) is 3.10. The number of methoxy groups -OCH3 is 2. The lowest BCUT2D eigenvalue weighted by Crippen LogP contribution is -2.48. The molecule has 2 heterocycles. The Morgan fingerprint density at radius 2 is 2.09 bits per heavy atom. The SMILES string of the molecule is [2H]c1c(OC)c(OC)c([2H])c2c1C1([2H])CC(O)C([2H])(CC(C)C)CN1C([2H])([2H])C2([2H])[2H]. The van der Waals surface area contributed by atoms with Gasteiger partial charge in [0.15, 0.2) is 11.5 Å². The third kappa shape index (κ3) is 3.20. The Balaban J connectivity index is 2.37. The van der Waals surface area contributed by atoms with E-state index >= 15 is 0 Å². The molecule has 3 unspecified atom stereocenters. The summed E-state index contributed by atoms with van der Waals surface area (Å²) >= 11 is 0. The third-order valence-corrected chi connectivity index (χ3v) is 4.16. The Morgan fingerprint density at radius 1 is 1.39 bits per heavy atom. The van der Waals surface area contributed by atoms with Crippen LogP contribution in [-0.4, -0.2) is 43.4 Å². The first-order valence-electron chi connectivity index (χ1n) is 11.8. The molecule has 3 atom stereocenters. The lowest BCUT2D eigenvalue weighted by molar-refractivity contribution is -0.0191. The predicted octanol–water partition coefficient (Wildman–Crippen LogP) is 3.03. The molecule has 1 saturated heterocycles. The molecule has 0 amide bonds. The van der Waals surface area contributed by atoms with Gasteiger partial charge in [0.05, 0.1) is 24.4 Å². The van der Waals surface area contributed by atoms with E-state index in [0.29, 0.717) is 0 Å². The normalized spacial score (nSPS) is 43.3.